The third-order valence-electron chi connectivity index (χ3n) is 3.14. The molecule has 3 heteroatoms. The average Bonchev–Trinajstić information content (AvgIpc) is 2.30. The van der Waals surface area contributed by atoms with Crippen molar-refractivity contribution >= 4 is 5.97 Å². The van der Waals surface area contributed by atoms with Crippen LogP contribution in [0.15, 0.2) is 0 Å². The Balaban J connectivity index is 4.11. The lowest BCUT2D eigenvalue weighted by Gasteiger charge is -2.28. The van der Waals surface area contributed by atoms with Crippen molar-refractivity contribution in [1.29, 1.82) is 0 Å². The van der Waals surface area contributed by atoms with Crippen LogP contribution in [0.25, 0.3) is 0 Å². The quantitative estimate of drug-likeness (QED) is 0.509. The Morgan fingerprint density at radius 1 is 1.28 bits per heavy atom. The number of rotatable bonds is 9. The summed E-state index contributed by atoms with van der Waals surface area (Å²) in [5.41, 5.74) is -0.860. The Morgan fingerprint density at radius 3 is 2.39 bits per heavy atom. The Bertz CT molecular complexity index is 234. The molecule has 18 heavy (non-hydrogen) atoms. The smallest absolute Gasteiger partial charge is 0.314 e. The first-order valence-electron chi connectivity index (χ1n) is 6.83. The predicted molar refractivity (Wildman–Crippen MR) is 73.7 cm³/mol. The maximum atomic E-state index is 11.9. The van der Waals surface area contributed by atoms with Gasteiger partial charge < -0.3 is 9.84 Å². The number of aliphatic hydroxyl groups excluding tert-OH is 1. The van der Waals surface area contributed by atoms with Crippen LogP contribution in [0.3, 0.4) is 0 Å². The first kappa shape index (κ1) is 17.4. The van der Waals surface area contributed by atoms with Crippen LogP contribution in [0.1, 0.15) is 52.9 Å². The molecule has 1 unspecified atom stereocenters. The van der Waals surface area contributed by atoms with Crippen LogP contribution in [-0.4, -0.2) is 23.8 Å². The number of carbonyl (C=O) groups excluding carboxylic acids is 1. The van der Waals surface area contributed by atoms with E-state index in [9.17, 15) is 9.90 Å². The van der Waals surface area contributed by atoms with Gasteiger partial charge in [0.05, 0.1) is 18.1 Å². The van der Waals surface area contributed by atoms with E-state index in [4.69, 9.17) is 4.74 Å². The van der Waals surface area contributed by atoms with Gasteiger partial charge in [0.25, 0.3) is 0 Å². The summed E-state index contributed by atoms with van der Waals surface area (Å²) in [6.07, 6.45) is 4.35. The van der Waals surface area contributed by atoms with Gasteiger partial charge in [0, 0.05) is 0 Å². The van der Waals surface area contributed by atoms with Crippen LogP contribution in [0.2, 0.25) is 0 Å². The summed E-state index contributed by atoms with van der Waals surface area (Å²) in [6.45, 7) is 13.1. The van der Waals surface area contributed by atoms with Crippen LogP contribution in [0, 0.1) is 25.2 Å². The zero-order valence-electron chi connectivity index (χ0n) is 12.1. The fraction of sp³-hybridized carbons (Fsp3) is 0.800. The second-order valence-electron chi connectivity index (χ2n) is 5.55. The van der Waals surface area contributed by atoms with Crippen molar-refractivity contribution in [2.24, 2.45) is 11.3 Å². The first-order valence-corrected chi connectivity index (χ1v) is 6.83. The van der Waals surface area contributed by atoms with Gasteiger partial charge in [-0.15, -0.1) is 0 Å². The summed E-state index contributed by atoms with van der Waals surface area (Å²) < 4.78 is 5.09. The minimum absolute atomic E-state index is 0.175. The highest BCUT2D eigenvalue weighted by atomic mass is 16.5. The largest absolute Gasteiger partial charge is 0.465 e. The number of carbonyl (C=O) groups is 1. The Hall–Kier alpha value is -0.570. The van der Waals surface area contributed by atoms with Gasteiger partial charge in [-0.1, -0.05) is 32.6 Å². The maximum Gasteiger partial charge on any atom is 0.314 e. The summed E-state index contributed by atoms with van der Waals surface area (Å²) in [5.74, 6) is -0.547. The van der Waals surface area contributed by atoms with Gasteiger partial charge >= 0.3 is 5.97 Å². The standard InChI is InChI=1S/C15H28O3/c1-6-7-8-9-10-13(16)15(4,5)14(17)18-11-12(2)3/h12-13,16H,2-3,6-11H2,1,4-5H3. The highest BCUT2D eigenvalue weighted by Crippen LogP contribution is 2.26. The Kier molecular flexibility index (Phi) is 8.25. The van der Waals surface area contributed by atoms with Gasteiger partial charge in [-0.2, -0.15) is 0 Å². The fourth-order valence-electron chi connectivity index (χ4n) is 1.64. The lowest BCUT2D eigenvalue weighted by molar-refractivity contribution is -0.161. The molecule has 3 nitrogen and oxygen atoms in total. The van der Waals surface area contributed by atoms with E-state index in [1.54, 1.807) is 13.8 Å². The molecule has 0 bridgehead atoms. The topological polar surface area (TPSA) is 46.5 Å². The first-order chi connectivity index (χ1) is 8.32. The lowest BCUT2D eigenvalue weighted by atomic mass is 9.84. The molecule has 0 aromatic carbocycles. The number of ether oxygens (including phenoxy) is 1. The summed E-state index contributed by atoms with van der Waals surface area (Å²) in [4.78, 5) is 11.9. The highest BCUT2D eigenvalue weighted by molar-refractivity contribution is 5.76. The number of hydrogen-bond acceptors (Lipinski definition) is 3. The Labute approximate surface area is 112 Å². The zero-order valence-corrected chi connectivity index (χ0v) is 12.1. The fourth-order valence-corrected chi connectivity index (χ4v) is 1.64. The van der Waals surface area contributed by atoms with E-state index >= 15 is 0 Å². The summed E-state index contributed by atoms with van der Waals surface area (Å²) in [6, 6.07) is 0. The molecule has 0 heterocycles. The Morgan fingerprint density at radius 2 is 1.89 bits per heavy atom. The van der Waals surface area contributed by atoms with Crippen LogP contribution in [0.4, 0.5) is 0 Å². The maximum absolute atomic E-state index is 11.9. The SMILES string of the molecule is [CH2]C([CH2])COC(=O)C(C)(C)C(O)CCCCCC. The van der Waals surface area contributed by atoms with Crippen LogP contribution >= 0.6 is 0 Å². The molecule has 1 atom stereocenters. The zero-order chi connectivity index (χ0) is 14.2. The summed E-state index contributed by atoms with van der Waals surface area (Å²) in [7, 11) is 0. The minimum atomic E-state index is -0.860. The van der Waals surface area contributed by atoms with Crippen molar-refractivity contribution < 1.29 is 14.6 Å². The molecular weight excluding hydrogens is 228 g/mol. The molecule has 0 saturated heterocycles. The molecule has 0 spiro atoms. The van der Waals surface area contributed by atoms with Crippen molar-refractivity contribution in [1.82, 2.24) is 0 Å². The predicted octanol–water partition coefficient (Wildman–Crippen LogP) is 3.17. The van der Waals surface area contributed by atoms with Crippen molar-refractivity contribution in [2.45, 2.75) is 59.0 Å². The molecule has 2 radical (unpaired) electrons. The molecule has 0 aliphatic heterocycles. The van der Waals surface area contributed by atoms with Gasteiger partial charge in [-0.3, -0.25) is 4.79 Å². The van der Waals surface area contributed by atoms with Crippen LogP contribution in [-0.2, 0) is 9.53 Å². The van der Waals surface area contributed by atoms with E-state index in [2.05, 4.69) is 20.8 Å². The van der Waals surface area contributed by atoms with Crippen molar-refractivity contribution in [3.63, 3.8) is 0 Å². The molecule has 0 saturated carbocycles. The van der Waals surface area contributed by atoms with Crippen molar-refractivity contribution in [3.8, 4) is 0 Å². The van der Waals surface area contributed by atoms with Crippen molar-refractivity contribution in [3.05, 3.63) is 13.8 Å². The molecule has 0 aliphatic rings. The number of esters is 1. The van der Waals surface area contributed by atoms with E-state index in [0.717, 1.165) is 19.3 Å². The van der Waals surface area contributed by atoms with E-state index in [-0.39, 0.29) is 18.5 Å². The van der Waals surface area contributed by atoms with Crippen LogP contribution in [0.5, 0.6) is 0 Å². The summed E-state index contributed by atoms with van der Waals surface area (Å²) in [5, 5.41) is 10.1. The minimum Gasteiger partial charge on any atom is -0.465 e. The van der Waals surface area contributed by atoms with Gasteiger partial charge in [0.2, 0.25) is 0 Å². The van der Waals surface area contributed by atoms with Crippen LogP contribution < -0.4 is 0 Å². The average molecular weight is 256 g/mol. The number of hydrogen-bond donors (Lipinski definition) is 1. The molecule has 0 aromatic heterocycles. The molecule has 0 rings (SSSR count). The molecule has 106 valence electrons. The molecule has 1 N–H and O–H groups in total. The number of aliphatic hydroxyl groups is 1. The van der Waals surface area contributed by atoms with E-state index in [1.807, 2.05) is 0 Å². The highest BCUT2D eigenvalue weighted by Gasteiger charge is 2.36. The third kappa shape index (κ3) is 6.39. The third-order valence-corrected chi connectivity index (χ3v) is 3.14. The van der Waals surface area contributed by atoms with Gasteiger partial charge in [0.15, 0.2) is 0 Å². The summed E-state index contributed by atoms with van der Waals surface area (Å²) >= 11 is 0. The second kappa shape index (κ2) is 8.52. The van der Waals surface area contributed by atoms with Gasteiger partial charge in [-0.05, 0) is 40.0 Å². The normalized spacial score (nSPS) is 13.7. The van der Waals surface area contributed by atoms with E-state index < -0.39 is 11.5 Å². The van der Waals surface area contributed by atoms with Gasteiger partial charge in [0.1, 0.15) is 0 Å². The molecular formula is C15H28O3. The molecule has 0 amide bonds. The second-order valence-corrected chi connectivity index (χ2v) is 5.55. The molecule has 0 aromatic rings. The molecule has 0 fully saturated rings. The van der Waals surface area contributed by atoms with E-state index in [0.29, 0.717) is 6.42 Å². The van der Waals surface area contributed by atoms with Gasteiger partial charge in [-0.25, -0.2) is 0 Å². The lowest BCUT2D eigenvalue weighted by Crippen LogP contribution is -2.39. The monoisotopic (exact) mass is 256 g/mol. The molecule has 0 aliphatic carbocycles. The van der Waals surface area contributed by atoms with E-state index in [1.165, 1.54) is 6.42 Å². The van der Waals surface area contributed by atoms with Crippen molar-refractivity contribution in [2.75, 3.05) is 6.61 Å². The number of unbranched alkanes of at least 4 members (excludes halogenated alkanes) is 3.